The van der Waals surface area contributed by atoms with Crippen LogP contribution in [0.3, 0.4) is 0 Å². The van der Waals surface area contributed by atoms with Crippen LogP contribution in [0.1, 0.15) is 25.3 Å². The molecule has 2 unspecified atom stereocenters. The average molecular weight is 292 g/mol. The molecule has 5 heteroatoms. The third-order valence-corrected chi connectivity index (χ3v) is 3.68. The van der Waals surface area contributed by atoms with Crippen molar-refractivity contribution in [3.63, 3.8) is 0 Å². The normalized spacial score (nSPS) is 21.3. The van der Waals surface area contributed by atoms with Gasteiger partial charge in [-0.1, -0.05) is 12.1 Å². The summed E-state index contributed by atoms with van der Waals surface area (Å²) in [7, 11) is 1.80. The van der Waals surface area contributed by atoms with Gasteiger partial charge in [-0.05, 0) is 37.5 Å². The van der Waals surface area contributed by atoms with Crippen LogP contribution in [0.2, 0.25) is 0 Å². The second-order valence-corrected chi connectivity index (χ2v) is 5.33. The molecule has 1 aliphatic heterocycles. The maximum atomic E-state index is 12.3. The van der Waals surface area contributed by atoms with Crippen molar-refractivity contribution in [2.24, 2.45) is 5.73 Å². The number of hydrogen-bond donors (Lipinski definition) is 1. The number of rotatable bonds is 6. The summed E-state index contributed by atoms with van der Waals surface area (Å²) in [4.78, 5) is 14.0. The highest BCUT2D eigenvalue weighted by Crippen LogP contribution is 2.21. The van der Waals surface area contributed by atoms with Gasteiger partial charge in [-0.3, -0.25) is 4.79 Å². The van der Waals surface area contributed by atoms with Crippen LogP contribution in [-0.2, 0) is 16.1 Å². The number of amides is 1. The first-order valence-corrected chi connectivity index (χ1v) is 7.46. The number of hydrogen-bond acceptors (Lipinski definition) is 4. The highest BCUT2D eigenvalue weighted by Gasteiger charge is 2.31. The van der Waals surface area contributed by atoms with Crippen LogP contribution in [0.25, 0.3) is 0 Å². The second kappa shape index (κ2) is 7.43. The molecule has 1 aliphatic rings. The predicted octanol–water partition coefficient (Wildman–Crippen LogP) is 1.55. The van der Waals surface area contributed by atoms with Crippen LogP contribution >= 0.6 is 0 Å². The number of carbonyl (C=O) groups excluding carboxylic acids is 1. The number of nitrogens with two attached hydrogens (primary N) is 1. The van der Waals surface area contributed by atoms with E-state index in [9.17, 15) is 4.79 Å². The number of nitrogens with zero attached hydrogens (tertiary/aromatic N) is 1. The van der Waals surface area contributed by atoms with E-state index in [0.717, 1.165) is 24.2 Å². The number of likely N-dealkylation sites (N-methyl/N-ethyl adjacent to an activating group) is 1. The Hall–Kier alpha value is -1.59. The maximum absolute atomic E-state index is 12.3. The van der Waals surface area contributed by atoms with Crippen LogP contribution < -0.4 is 10.5 Å². The molecule has 1 aromatic carbocycles. The second-order valence-electron chi connectivity index (χ2n) is 5.33. The molecule has 5 nitrogen and oxygen atoms in total. The van der Waals surface area contributed by atoms with Gasteiger partial charge in [0, 0.05) is 20.1 Å². The van der Waals surface area contributed by atoms with Crippen LogP contribution in [0.15, 0.2) is 24.3 Å². The molecule has 1 aromatic rings. The fourth-order valence-electron chi connectivity index (χ4n) is 2.52. The van der Waals surface area contributed by atoms with E-state index in [4.69, 9.17) is 15.2 Å². The van der Waals surface area contributed by atoms with E-state index in [-0.39, 0.29) is 18.1 Å². The van der Waals surface area contributed by atoms with Gasteiger partial charge >= 0.3 is 0 Å². The molecule has 1 fully saturated rings. The SMILES string of the molecule is CCOc1ccc(CN(C)C(=O)C2CCC(CN)O2)cc1. The van der Waals surface area contributed by atoms with Crippen molar-refractivity contribution in [2.75, 3.05) is 20.2 Å². The minimum atomic E-state index is -0.341. The first-order valence-electron chi connectivity index (χ1n) is 7.46. The summed E-state index contributed by atoms with van der Waals surface area (Å²) in [5.41, 5.74) is 6.64. The minimum absolute atomic E-state index is 0.0258. The predicted molar refractivity (Wildman–Crippen MR) is 81.0 cm³/mol. The van der Waals surface area contributed by atoms with Crippen LogP contribution in [-0.4, -0.2) is 43.2 Å². The zero-order valence-electron chi connectivity index (χ0n) is 12.7. The Kier molecular flexibility index (Phi) is 5.59. The van der Waals surface area contributed by atoms with Gasteiger partial charge in [-0.15, -0.1) is 0 Å². The number of ether oxygens (including phenoxy) is 2. The number of benzene rings is 1. The summed E-state index contributed by atoms with van der Waals surface area (Å²) in [6, 6.07) is 7.81. The molecule has 2 atom stereocenters. The van der Waals surface area contributed by atoms with Crippen molar-refractivity contribution < 1.29 is 14.3 Å². The van der Waals surface area contributed by atoms with E-state index < -0.39 is 0 Å². The zero-order valence-corrected chi connectivity index (χ0v) is 12.7. The standard InChI is InChI=1S/C16H24N2O3/c1-3-20-13-6-4-12(5-7-13)11-18(2)16(19)15-9-8-14(10-17)21-15/h4-7,14-15H,3,8-11,17H2,1-2H3. The molecule has 0 saturated carbocycles. The summed E-state index contributed by atoms with van der Waals surface area (Å²) < 4.78 is 11.1. The third kappa shape index (κ3) is 4.19. The molecule has 0 aliphatic carbocycles. The molecule has 2 N–H and O–H groups in total. The van der Waals surface area contributed by atoms with Crippen molar-refractivity contribution in [1.29, 1.82) is 0 Å². The van der Waals surface area contributed by atoms with Gasteiger partial charge in [0.25, 0.3) is 5.91 Å². The van der Waals surface area contributed by atoms with Crippen molar-refractivity contribution in [3.05, 3.63) is 29.8 Å². The Morgan fingerprint density at radius 3 is 2.67 bits per heavy atom. The molecule has 0 bridgehead atoms. The van der Waals surface area contributed by atoms with Gasteiger partial charge in [0.1, 0.15) is 11.9 Å². The van der Waals surface area contributed by atoms with E-state index >= 15 is 0 Å². The van der Waals surface area contributed by atoms with Crippen molar-refractivity contribution in [2.45, 2.75) is 38.5 Å². The molecular formula is C16H24N2O3. The monoisotopic (exact) mass is 292 g/mol. The summed E-state index contributed by atoms with van der Waals surface area (Å²) >= 11 is 0. The molecule has 1 amide bonds. The minimum Gasteiger partial charge on any atom is -0.494 e. The lowest BCUT2D eigenvalue weighted by atomic mass is 10.1. The molecule has 0 aromatic heterocycles. The lowest BCUT2D eigenvalue weighted by Gasteiger charge is -2.21. The molecule has 116 valence electrons. The molecule has 2 rings (SSSR count). The van der Waals surface area contributed by atoms with Gasteiger partial charge in [-0.2, -0.15) is 0 Å². The summed E-state index contributed by atoms with van der Waals surface area (Å²) in [5.74, 6) is 0.875. The molecule has 0 radical (unpaired) electrons. The van der Waals surface area contributed by atoms with E-state index in [1.165, 1.54) is 0 Å². The van der Waals surface area contributed by atoms with Crippen LogP contribution in [0.4, 0.5) is 0 Å². The fourth-order valence-corrected chi connectivity index (χ4v) is 2.52. The van der Waals surface area contributed by atoms with Crippen molar-refractivity contribution >= 4 is 5.91 Å². The van der Waals surface area contributed by atoms with Crippen molar-refractivity contribution in [1.82, 2.24) is 4.90 Å². The lowest BCUT2D eigenvalue weighted by Crippen LogP contribution is -2.36. The molecule has 0 spiro atoms. The Bertz CT molecular complexity index is 461. The molecule has 1 heterocycles. The summed E-state index contributed by atoms with van der Waals surface area (Å²) in [6.07, 6.45) is 1.31. The summed E-state index contributed by atoms with van der Waals surface area (Å²) in [6.45, 7) is 3.65. The van der Waals surface area contributed by atoms with Crippen molar-refractivity contribution in [3.8, 4) is 5.75 Å². The Labute approximate surface area is 126 Å². The van der Waals surface area contributed by atoms with Gasteiger partial charge in [0.2, 0.25) is 0 Å². The van der Waals surface area contributed by atoms with E-state index in [2.05, 4.69) is 0 Å². The van der Waals surface area contributed by atoms with Gasteiger partial charge in [0.15, 0.2) is 0 Å². The third-order valence-electron chi connectivity index (χ3n) is 3.68. The Morgan fingerprint density at radius 1 is 1.38 bits per heavy atom. The first kappa shape index (κ1) is 15.8. The highest BCUT2D eigenvalue weighted by atomic mass is 16.5. The molecule has 1 saturated heterocycles. The van der Waals surface area contributed by atoms with Gasteiger partial charge in [0.05, 0.1) is 12.7 Å². The van der Waals surface area contributed by atoms with E-state index in [1.54, 1.807) is 11.9 Å². The van der Waals surface area contributed by atoms with Gasteiger partial charge in [-0.25, -0.2) is 0 Å². The van der Waals surface area contributed by atoms with Crippen LogP contribution in [0.5, 0.6) is 5.75 Å². The smallest absolute Gasteiger partial charge is 0.251 e. The van der Waals surface area contributed by atoms with Gasteiger partial charge < -0.3 is 20.1 Å². The lowest BCUT2D eigenvalue weighted by molar-refractivity contribution is -0.141. The number of carbonyl (C=O) groups is 1. The van der Waals surface area contributed by atoms with Crippen LogP contribution in [0, 0.1) is 0 Å². The molecular weight excluding hydrogens is 268 g/mol. The average Bonchev–Trinajstić information content (AvgIpc) is 2.97. The molecule has 21 heavy (non-hydrogen) atoms. The fraction of sp³-hybridized carbons (Fsp3) is 0.562. The maximum Gasteiger partial charge on any atom is 0.251 e. The van der Waals surface area contributed by atoms with E-state index in [1.807, 2.05) is 31.2 Å². The Morgan fingerprint density at radius 2 is 2.10 bits per heavy atom. The highest BCUT2D eigenvalue weighted by molar-refractivity contribution is 5.81. The van der Waals surface area contributed by atoms with E-state index in [0.29, 0.717) is 19.7 Å². The first-order chi connectivity index (χ1) is 10.1. The Balaban J connectivity index is 1.88. The topological polar surface area (TPSA) is 64.8 Å². The summed E-state index contributed by atoms with van der Waals surface area (Å²) in [5, 5.41) is 0. The quantitative estimate of drug-likeness (QED) is 0.864. The largest absolute Gasteiger partial charge is 0.494 e. The zero-order chi connectivity index (χ0) is 15.2.